The molecule has 1 aromatic rings. The highest BCUT2D eigenvalue weighted by molar-refractivity contribution is 5.17. The van der Waals surface area contributed by atoms with Crippen molar-refractivity contribution in [3.05, 3.63) is 23.7 Å². The van der Waals surface area contributed by atoms with Gasteiger partial charge >= 0.3 is 0 Å². The summed E-state index contributed by atoms with van der Waals surface area (Å²) < 4.78 is 5.70. The molecule has 2 aliphatic rings. The van der Waals surface area contributed by atoms with E-state index in [1.807, 2.05) is 6.26 Å². The molecule has 0 aromatic carbocycles. The topological polar surface area (TPSA) is 28.4 Å². The van der Waals surface area contributed by atoms with E-state index in [1.54, 1.807) is 0 Å². The van der Waals surface area contributed by atoms with E-state index < -0.39 is 0 Å². The summed E-state index contributed by atoms with van der Waals surface area (Å²) in [5, 5.41) is 3.50. The Balaban J connectivity index is 1.56. The molecule has 2 fully saturated rings. The molecule has 2 heterocycles. The predicted molar refractivity (Wildman–Crippen MR) is 86.0 cm³/mol. The molecule has 1 aliphatic carbocycles. The van der Waals surface area contributed by atoms with Crippen molar-refractivity contribution in [2.45, 2.75) is 65.1 Å². The summed E-state index contributed by atoms with van der Waals surface area (Å²) in [6.45, 7) is 8.75. The number of furan rings is 1. The molecule has 2 atom stereocenters. The summed E-state index contributed by atoms with van der Waals surface area (Å²) in [6, 6.07) is 3.01. The summed E-state index contributed by atoms with van der Waals surface area (Å²) in [4.78, 5) is 2.71. The minimum Gasteiger partial charge on any atom is -0.468 e. The van der Waals surface area contributed by atoms with Gasteiger partial charge < -0.3 is 9.73 Å². The van der Waals surface area contributed by atoms with Crippen LogP contribution in [0.3, 0.4) is 0 Å². The molecule has 3 heteroatoms. The number of fused-ring (bicyclic) bond motifs is 1. The molecule has 0 spiro atoms. The molecule has 118 valence electrons. The minimum absolute atomic E-state index is 0.685. The van der Waals surface area contributed by atoms with Gasteiger partial charge in [-0.1, -0.05) is 26.7 Å². The molecule has 3 rings (SSSR count). The molecule has 1 aromatic heterocycles. The van der Waals surface area contributed by atoms with Gasteiger partial charge in [-0.2, -0.15) is 0 Å². The van der Waals surface area contributed by atoms with Crippen LogP contribution in [0.15, 0.2) is 16.7 Å². The molecule has 1 aliphatic heterocycles. The summed E-state index contributed by atoms with van der Waals surface area (Å²) >= 11 is 0. The zero-order chi connectivity index (χ0) is 14.7. The third kappa shape index (κ3) is 3.70. The largest absolute Gasteiger partial charge is 0.468 e. The van der Waals surface area contributed by atoms with Crippen molar-refractivity contribution in [1.29, 1.82) is 0 Å². The van der Waals surface area contributed by atoms with E-state index in [0.717, 1.165) is 37.4 Å². The lowest BCUT2D eigenvalue weighted by Crippen LogP contribution is -2.34. The fraction of sp³-hybridized carbons (Fsp3) is 0.778. The van der Waals surface area contributed by atoms with E-state index in [2.05, 4.69) is 30.1 Å². The molecule has 0 radical (unpaired) electrons. The Morgan fingerprint density at radius 1 is 1.29 bits per heavy atom. The van der Waals surface area contributed by atoms with Gasteiger partial charge in [0.25, 0.3) is 0 Å². The summed E-state index contributed by atoms with van der Waals surface area (Å²) in [5.41, 5.74) is 1.39. The standard InChI is InChI=1S/C18H30N2O/c1-14(2)11-19-12-18-16(8-10-21-18)13-20-9-7-15-5-3-4-6-17(15)20/h8,10,14-15,17,19H,3-7,9,11-13H2,1-2H3. The van der Waals surface area contributed by atoms with E-state index in [0.29, 0.717) is 5.92 Å². The maximum absolute atomic E-state index is 5.70. The van der Waals surface area contributed by atoms with E-state index >= 15 is 0 Å². The quantitative estimate of drug-likeness (QED) is 0.864. The highest BCUT2D eigenvalue weighted by Crippen LogP contribution is 2.37. The van der Waals surface area contributed by atoms with Crippen molar-refractivity contribution in [3.63, 3.8) is 0 Å². The van der Waals surface area contributed by atoms with Crippen LogP contribution in [-0.2, 0) is 13.1 Å². The molecule has 21 heavy (non-hydrogen) atoms. The number of rotatable bonds is 6. The van der Waals surface area contributed by atoms with Crippen LogP contribution in [0.4, 0.5) is 0 Å². The van der Waals surface area contributed by atoms with Crippen LogP contribution in [0.25, 0.3) is 0 Å². The molecule has 1 saturated heterocycles. The lowest BCUT2D eigenvalue weighted by Gasteiger charge is -2.31. The number of nitrogens with zero attached hydrogens (tertiary/aromatic N) is 1. The third-order valence-electron chi connectivity index (χ3n) is 5.17. The van der Waals surface area contributed by atoms with Crippen molar-refractivity contribution < 1.29 is 4.42 Å². The van der Waals surface area contributed by atoms with Gasteiger partial charge in [0, 0.05) is 18.2 Å². The van der Waals surface area contributed by atoms with Gasteiger partial charge in [0.15, 0.2) is 0 Å². The second-order valence-electron chi connectivity index (χ2n) is 7.26. The first-order valence-electron chi connectivity index (χ1n) is 8.74. The number of hydrogen-bond donors (Lipinski definition) is 1. The van der Waals surface area contributed by atoms with Gasteiger partial charge in [-0.3, -0.25) is 4.90 Å². The average molecular weight is 290 g/mol. The van der Waals surface area contributed by atoms with Gasteiger partial charge in [-0.25, -0.2) is 0 Å². The van der Waals surface area contributed by atoms with Crippen molar-refractivity contribution in [1.82, 2.24) is 10.2 Å². The highest BCUT2D eigenvalue weighted by atomic mass is 16.3. The minimum atomic E-state index is 0.685. The summed E-state index contributed by atoms with van der Waals surface area (Å²) in [7, 11) is 0. The number of nitrogens with one attached hydrogen (secondary N) is 1. The van der Waals surface area contributed by atoms with Crippen molar-refractivity contribution >= 4 is 0 Å². The Morgan fingerprint density at radius 2 is 2.14 bits per heavy atom. The third-order valence-corrected chi connectivity index (χ3v) is 5.17. The Bertz CT molecular complexity index is 440. The van der Waals surface area contributed by atoms with Gasteiger partial charge in [-0.15, -0.1) is 0 Å². The molecular formula is C18H30N2O. The van der Waals surface area contributed by atoms with Crippen molar-refractivity contribution in [2.75, 3.05) is 13.1 Å². The highest BCUT2D eigenvalue weighted by Gasteiger charge is 2.35. The SMILES string of the molecule is CC(C)CNCc1occc1CN1CCC2CCCCC21. The second kappa shape index (κ2) is 6.97. The maximum Gasteiger partial charge on any atom is 0.122 e. The zero-order valence-corrected chi connectivity index (χ0v) is 13.6. The van der Waals surface area contributed by atoms with E-state index in [1.165, 1.54) is 44.2 Å². The monoisotopic (exact) mass is 290 g/mol. The van der Waals surface area contributed by atoms with Gasteiger partial charge in [0.05, 0.1) is 12.8 Å². The summed E-state index contributed by atoms with van der Waals surface area (Å²) in [6.07, 6.45) is 9.00. The fourth-order valence-electron chi connectivity index (χ4n) is 4.06. The molecule has 1 saturated carbocycles. The molecule has 2 unspecified atom stereocenters. The second-order valence-corrected chi connectivity index (χ2v) is 7.26. The Morgan fingerprint density at radius 3 is 3.00 bits per heavy atom. The van der Waals surface area contributed by atoms with Crippen LogP contribution >= 0.6 is 0 Å². The van der Waals surface area contributed by atoms with E-state index in [9.17, 15) is 0 Å². The van der Waals surface area contributed by atoms with E-state index in [4.69, 9.17) is 4.42 Å². The lowest BCUT2D eigenvalue weighted by atomic mass is 9.85. The predicted octanol–water partition coefficient (Wildman–Crippen LogP) is 3.79. The van der Waals surface area contributed by atoms with Crippen LogP contribution < -0.4 is 5.32 Å². The molecular weight excluding hydrogens is 260 g/mol. The maximum atomic E-state index is 5.70. The molecule has 1 N–H and O–H groups in total. The molecule has 3 nitrogen and oxygen atoms in total. The first-order chi connectivity index (χ1) is 10.2. The smallest absolute Gasteiger partial charge is 0.122 e. The van der Waals surface area contributed by atoms with Crippen LogP contribution in [0.1, 0.15) is 57.3 Å². The first-order valence-corrected chi connectivity index (χ1v) is 8.74. The number of hydrogen-bond acceptors (Lipinski definition) is 3. The van der Waals surface area contributed by atoms with Gasteiger partial charge in [-0.05, 0) is 50.3 Å². The fourth-order valence-corrected chi connectivity index (χ4v) is 4.06. The molecule has 0 bridgehead atoms. The zero-order valence-electron chi connectivity index (χ0n) is 13.6. The van der Waals surface area contributed by atoms with Crippen LogP contribution in [-0.4, -0.2) is 24.0 Å². The normalized spacial score (nSPS) is 26.4. The summed E-state index contributed by atoms with van der Waals surface area (Å²) in [5.74, 6) is 2.79. The van der Waals surface area contributed by atoms with Gasteiger partial charge in [0.2, 0.25) is 0 Å². The van der Waals surface area contributed by atoms with Crippen LogP contribution in [0, 0.1) is 11.8 Å². The van der Waals surface area contributed by atoms with Crippen LogP contribution in [0.5, 0.6) is 0 Å². The van der Waals surface area contributed by atoms with Crippen molar-refractivity contribution in [3.8, 4) is 0 Å². The van der Waals surface area contributed by atoms with Crippen molar-refractivity contribution in [2.24, 2.45) is 11.8 Å². The Kier molecular flexibility index (Phi) is 5.02. The van der Waals surface area contributed by atoms with Crippen LogP contribution in [0.2, 0.25) is 0 Å². The molecule has 0 amide bonds. The Labute approximate surface area is 129 Å². The number of likely N-dealkylation sites (tertiary alicyclic amines) is 1. The Hall–Kier alpha value is -0.800. The van der Waals surface area contributed by atoms with E-state index in [-0.39, 0.29) is 0 Å². The van der Waals surface area contributed by atoms with Gasteiger partial charge in [0.1, 0.15) is 5.76 Å². The first kappa shape index (κ1) is 15.1. The lowest BCUT2D eigenvalue weighted by molar-refractivity contribution is 0.175. The average Bonchev–Trinajstić information content (AvgIpc) is 3.07.